The number of aromatic carboxylic acids is 1. The van der Waals surface area contributed by atoms with Crippen molar-refractivity contribution in [2.24, 2.45) is 0 Å². The lowest BCUT2D eigenvalue weighted by Gasteiger charge is -2.38. The standard InChI is InChI=1S/C19H21F2N5O4S/c1-10(27)26-7-12(8-26)30-15-6-14(22-11-2-4-19(20,21)5-3-11)24-16(25-15)17-23-13(9-31-17)18(28)29/h6,9,11-12H,2-5,7-8H2,1H3,(H,28,29)(H,22,24,25). The van der Waals surface area contributed by atoms with Crippen molar-refractivity contribution in [3.63, 3.8) is 0 Å². The largest absolute Gasteiger partial charge is 0.476 e. The fraction of sp³-hybridized carbons (Fsp3) is 0.526. The third kappa shape index (κ3) is 5.06. The second-order valence-corrected chi connectivity index (χ2v) is 8.55. The molecular weight excluding hydrogens is 432 g/mol. The second kappa shape index (κ2) is 8.33. The predicted molar refractivity (Wildman–Crippen MR) is 108 cm³/mol. The number of thiazole rings is 1. The lowest BCUT2D eigenvalue weighted by molar-refractivity contribution is -0.137. The zero-order valence-electron chi connectivity index (χ0n) is 16.7. The molecule has 0 aromatic carbocycles. The molecule has 1 amide bonds. The number of rotatable bonds is 6. The van der Waals surface area contributed by atoms with Crippen LogP contribution in [0.25, 0.3) is 10.8 Å². The van der Waals surface area contributed by atoms with Crippen molar-refractivity contribution in [2.45, 2.75) is 50.7 Å². The number of anilines is 1. The normalized spacial score (nSPS) is 19.0. The molecule has 0 spiro atoms. The third-order valence-electron chi connectivity index (χ3n) is 5.27. The summed E-state index contributed by atoms with van der Waals surface area (Å²) in [6, 6.07) is 1.41. The van der Waals surface area contributed by atoms with Gasteiger partial charge in [0.05, 0.1) is 13.1 Å². The number of carboxylic acids is 1. The minimum absolute atomic E-state index is 0.0383. The van der Waals surface area contributed by atoms with E-state index in [1.54, 1.807) is 11.0 Å². The first-order valence-corrected chi connectivity index (χ1v) is 10.7. The Morgan fingerprint density at radius 2 is 1.97 bits per heavy atom. The highest BCUT2D eigenvalue weighted by Crippen LogP contribution is 2.35. The van der Waals surface area contributed by atoms with Gasteiger partial charge in [-0.1, -0.05) is 0 Å². The van der Waals surface area contributed by atoms with Gasteiger partial charge in [0.2, 0.25) is 17.7 Å². The molecule has 1 saturated carbocycles. The highest BCUT2D eigenvalue weighted by Gasteiger charge is 2.35. The molecule has 9 nitrogen and oxygen atoms in total. The van der Waals surface area contributed by atoms with E-state index in [9.17, 15) is 18.4 Å². The predicted octanol–water partition coefficient (Wildman–Crippen LogP) is 2.90. The van der Waals surface area contributed by atoms with Crippen molar-refractivity contribution >= 4 is 29.0 Å². The van der Waals surface area contributed by atoms with Gasteiger partial charge in [-0.25, -0.2) is 23.5 Å². The number of carbonyl (C=O) groups is 2. The number of likely N-dealkylation sites (tertiary alicyclic amines) is 1. The highest BCUT2D eigenvalue weighted by molar-refractivity contribution is 7.13. The maximum absolute atomic E-state index is 13.5. The molecule has 0 unspecified atom stereocenters. The maximum atomic E-state index is 13.5. The van der Waals surface area contributed by atoms with E-state index >= 15 is 0 Å². The number of carbonyl (C=O) groups excluding carboxylic acids is 1. The Labute approximate surface area is 180 Å². The molecule has 2 aromatic heterocycles. The van der Waals surface area contributed by atoms with Gasteiger partial charge in [-0.3, -0.25) is 4.79 Å². The van der Waals surface area contributed by atoms with Crippen LogP contribution in [0.3, 0.4) is 0 Å². The van der Waals surface area contributed by atoms with Gasteiger partial charge in [0.25, 0.3) is 0 Å². The summed E-state index contributed by atoms with van der Waals surface area (Å²) in [6.07, 6.45) is 0.00382. The molecule has 2 aliphatic rings. The number of ether oxygens (including phenoxy) is 1. The minimum Gasteiger partial charge on any atom is -0.476 e. The van der Waals surface area contributed by atoms with Crippen LogP contribution in [0.2, 0.25) is 0 Å². The average molecular weight is 453 g/mol. The first-order valence-electron chi connectivity index (χ1n) is 9.83. The molecule has 2 aromatic rings. The zero-order valence-corrected chi connectivity index (χ0v) is 17.5. The number of hydrogen-bond donors (Lipinski definition) is 2. The van der Waals surface area contributed by atoms with Crippen LogP contribution in [0.5, 0.6) is 5.88 Å². The number of hydrogen-bond acceptors (Lipinski definition) is 8. The van der Waals surface area contributed by atoms with E-state index < -0.39 is 11.9 Å². The Balaban J connectivity index is 1.54. The Morgan fingerprint density at radius 3 is 2.58 bits per heavy atom. The third-order valence-corrected chi connectivity index (χ3v) is 6.11. The van der Waals surface area contributed by atoms with E-state index in [0.29, 0.717) is 36.8 Å². The van der Waals surface area contributed by atoms with Gasteiger partial charge in [0.15, 0.2) is 16.5 Å². The van der Waals surface area contributed by atoms with Crippen LogP contribution < -0.4 is 10.1 Å². The van der Waals surface area contributed by atoms with Crippen LogP contribution in [0.4, 0.5) is 14.6 Å². The number of aromatic nitrogens is 3. The number of nitrogens with one attached hydrogen (secondary N) is 1. The van der Waals surface area contributed by atoms with Gasteiger partial charge in [-0.2, -0.15) is 4.98 Å². The van der Waals surface area contributed by atoms with Gasteiger partial charge in [-0.05, 0) is 12.8 Å². The van der Waals surface area contributed by atoms with E-state index in [0.717, 1.165) is 11.3 Å². The van der Waals surface area contributed by atoms with E-state index in [4.69, 9.17) is 9.84 Å². The summed E-state index contributed by atoms with van der Waals surface area (Å²) in [5.74, 6) is -3.01. The molecule has 3 heterocycles. The molecule has 166 valence electrons. The summed E-state index contributed by atoms with van der Waals surface area (Å²) in [5, 5.41) is 14.0. The quantitative estimate of drug-likeness (QED) is 0.686. The summed E-state index contributed by atoms with van der Waals surface area (Å²) in [5.41, 5.74) is -0.116. The first kappa shape index (κ1) is 21.3. The van der Waals surface area contributed by atoms with Crippen molar-refractivity contribution in [3.05, 3.63) is 17.1 Å². The van der Waals surface area contributed by atoms with E-state index in [2.05, 4.69) is 20.3 Å². The van der Waals surface area contributed by atoms with Gasteiger partial charge in [-0.15, -0.1) is 11.3 Å². The fourth-order valence-electron chi connectivity index (χ4n) is 3.46. The van der Waals surface area contributed by atoms with Crippen LogP contribution in [-0.4, -0.2) is 68.0 Å². The maximum Gasteiger partial charge on any atom is 0.355 e. The smallest absolute Gasteiger partial charge is 0.355 e. The fourth-order valence-corrected chi connectivity index (χ4v) is 4.19. The lowest BCUT2D eigenvalue weighted by atomic mass is 9.92. The summed E-state index contributed by atoms with van der Waals surface area (Å²) in [6.45, 7) is 2.36. The Kier molecular flexibility index (Phi) is 5.73. The molecule has 1 saturated heterocycles. The van der Waals surface area contributed by atoms with Crippen molar-refractivity contribution in [1.29, 1.82) is 0 Å². The minimum atomic E-state index is -2.63. The highest BCUT2D eigenvalue weighted by atomic mass is 32.1. The molecule has 0 atom stereocenters. The molecule has 0 radical (unpaired) electrons. The van der Waals surface area contributed by atoms with Gasteiger partial charge in [0, 0.05) is 37.3 Å². The monoisotopic (exact) mass is 453 g/mol. The molecule has 12 heteroatoms. The van der Waals surface area contributed by atoms with Crippen LogP contribution in [0.1, 0.15) is 43.1 Å². The second-order valence-electron chi connectivity index (χ2n) is 7.70. The number of amides is 1. The van der Waals surface area contributed by atoms with Gasteiger partial charge >= 0.3 is 5.97 Å². The van der Waals surface area contributed by atoms with E-state index in [1.165, 1.54) is 12.3 Å². The number of carboxylic acid groups (broad SMARTS) is 1. The molecule has 1 aliphatic carbocycles. The summed E-state index contributed by atoms with van der Waals surface area (Å²) in [4.78, 5) is 36.9. The van der Waals surface area contributed by atoms with Crippen LogP contribution in [0, 0.1) is 0 Å². The number of nitrogens with zero attached hydrogens (tertiary/aromatic N) is 4. The molecule has 4 rings (SSSR count). The van der Waals surface area contributed by atoms with Crippen LogP contribution >= 0.6 is 11.3 Å². The molecular formula is C19H21F2N5O4S. The van der Waals surface area contributed by atoms with Crippen LogP contribution in [-0.2, 0) is 4.79 Å². The summed E-state index contributed by atoms with van der Waals surface area (Å²) in [7, 11) is 0. The Hall–Kier alpha value is -2.89. The molecule has 2 N–H and O–H groups in total. The van der Waals surface area contributed by atoms with E-state index in [-0.39, 0.29) is 48.3 Å². The van der Waals surface area contributed by atoms with Crippen molar-refractivity contribution < 1.29 is 28.2 Å². The SMILES string of the molecule is CC(=O)N1CC(Oc2cc(NC3CCC(F)(F)CC3)nc(-c3nc(C(=O)O)cs3)n2)C1. The summed E-state index contributed by atoms with van der Waals surface area (Å²) >= 11 is 1.08. The molecule has 1 aliphatic heterocycles. The average Bonchev–Trinajstić information content (AvgIpc) is 3.16. The molecule has 0 bridgehead atoms. The molecule has 31 heavy (non-hydrogen) atoms. The van der Waals surface area contributed by atoms with Crippen LogP contribution in [0.15, 0.2) is 11.4 Å². The Bertz CT molecular complexity index is 985. The van der Waals surface area contributed by atoms with Crippen molar-refractivity contribution in [2.75, 3.05) is 18.4 Å². The van der Waals surface area contributed by atoms with Crippen molar-refractivity contribution in [3.8, 4) is 16.7 Å². The molecule has 2 fully saturated rings. The van der Waals surface area contributed by atoms with E-state index in [1.807, 2.05) is 0 Å². The topological polar surface area (TPSA) is 118 Å². The number of halogens is 2. The van der Waals surface area contributed by atoms with Gasteiger partial charge in [0.1, 0.15) is 11.9 Å². The van der Waals surface area contributed by atoms with Gasteiger partial charge < -0.3 is 20.1 Å². The number of alkyl halides is 2. The zero-order chi connectivity index (χ0) is 22.2. The van der Waals surface area contributed by atoms with Crippen molar-refractivity contribution in [1.82, 2.24) is 19.9 Å². The Morgan fingerprint density at radius 1 is 1.26 bits per heavy atom. The summed E-state index contributed by atoms with van der Waals surface area (Å²) < 4.78 is 32.8. The lowest BCUT2D eigenvalue weighted by Crippen LogP contribution is -2.55. The first-order chi connectivity index (χ1) is 14.7.